The van der Waals surface area contributed by atoms with E-state index in [2.05, 4.69) is 20.9 Å². The number of fused-ring (bicyclic) bond motifs is 1. The minimum absolute atomic E-state index is 0.0135. The summed E-state index contributed by atoms with van der Waals surface area (Å²) < 4.78 is 14.4. The summed E-state index contributed by atoms with van der Waals surface area (Å²) >= 11 is 3.43. The number of aromatic nitrogens is 1. The van der Waals surface area contributed by atoms with Crippen LogP contribution in [-0.2, 0) is 6.42 Å². The Morgan fingerprint density at radius 1 is 1.29 bits per heavy atom. The van der Waals surface area contributed by atoms with Crippen LogP contribution in [-0.4, -0.2) is 29.0 Å². The molecule has 4 rings (SSSR count). The van der Waals surface area contributed by atoms with Crippen LogP contribution >= 0.6 is 15.9 Å². The molecule has 6 heteroatoms. The van der Waals surface area contributed by atoms with Gasteiger partial charge in [0, 0.05) is 30.2 Å². The van der Waals surface area contributed by atoms with Crippen LogP contribution < -0.4 is 4.90 Å². The number of pyridine rings is 1. The molecule has 1 atom stereocenters. The van der Waals surface area contributed by atoms with Crippen LogP contribution in [0.2, 0.25) is 0 Å². The molecule has 0 radical (unpaired) electrons. The number of halogens is 2. The number of carbonyl (C=O) groups is 1. The maximum Gasteiger partial charge on any atom is 0.325 e. The van der Waals surface area contributed by atoms with Gasteiger partial charge in [0.1, 0.15) is 5.82 Å². The first-order chi connectivity index (χ1) is 11.6. The lowest BCUT2D eigenvalue weighted by Crippen LogP contribution is -2.42. The molecule has 0 N–H and O–H groups in total. The normalized spacial score (nSPS) is 19.7. The van der Waals surface area contributed by atoms with E-state index in [1.807, 2.05) is 17.0 Å². The molecule has 2 aliphatic heterocycles. The number of nitrogens with zero attached hydrogens (tertiary/aromatic N) is 3. The molecule has 124 valence electrons. The standard InChI is InChI=1S/C18H17BrFN3O/c19-13-10-17-15(21-11-13)6-8-23(17)18(24)22-7-2-5-16(22)12-3-1-4-14(20)9-12/h1,3-4,9-11,16H,2,5-8H2. The van der Waals surface area contributed by atoms with Crippen LogP contribution in [0.1, 0.15) is 30.1 Å². The first kappa shape index (κ1) is 15.6. The molecule has 24 heavy (non-hydrogen) atoms. The maximum atomic E-state index is 13.6. The number of likely N-dealkylation sites (tertiary alicyclic amines) is 1. The highest BCUT2D eigenvalue weighted by Gasteiger charge is 2.36. The van der Waals surface area contributed by atoms with Crippen molar-refractivity contribution in [3.8, 4) is 0 Å². The third-order valence-electron chi connectivity index (χ3n) is 4.74. The predicted molar refractivity (Wildman–Crippen MR) is 93.5 cm³/mol. The van der Waals surface area contributed by atoms with E-state index in [0.29, 0.717) is 13.1 Å². The maximum absolute atomic E-state index is 13.6. The summed E-state index contributed by atoms with van der Waals surface area (Å²) in [6.45, 7) is 1.34. The largest absolute Gasteiger partial charge is 0.325 e. The van der Waals surface area contributed by atoms with Crippen molar-refractivity contribution in [3.63, 3.8) is 0 Å². The molecule has 0 saturated carbocycles. The second-order valence-corrected chi connectivity index (χ2v) is 7.13. The van der Waals surface area contributed by atoms with Gasteiger partial charge in [-0.1, -0.05) is 12.1 Å². The van der Waals surface area contributed by atoms with E-state index in [0.717, 1.165) is 40.7 Å². The van der Waals surface area contributed by atoms with E-state index < -0.39 is 0 Å². The van der Waals surface area contributed by atoms with Gasteiger partial charge in [0.05, 0.1) is 17.4 Å². The van der Waals surface area contributed by atoms with Crippen LogP contribution in [0.25, 0.3) is 0 Å². The smallest absolute Gasteiger partial charge is 0.317 e. The number of urea groups is 1. The molecule has 1 unspecified atom stereocenters. The van der Waals surface area contributed by atoms with Crippen LogP contribution in [0.5, 0.6) is 0 Å². The van der Waals surface area contributed by atoms with E-state index >= 15 is 0 Å². The summed E-state index contributed by atoms with van der Waals surface area (Å²) in [6.07, 6.45) is 4.34. The van der Waals surface area contributed by atoms with Gasteiger partial charge in [-0.25, -0.2) is 9.18 Å². The number of hydrogen-bond donors (Lipinski definition) is 0. The van der Waals surface area contributed by atoms with E-state index in [-0.39, 0.29) is 17.9 Å². The van der Waals surface area contributed by atoms with Crippen LogP contribution in [0, 0.1) is 5.82 Å². The van der Waals surface area contributed by atoms with Gasteiger partial charge < -0.3 is 4.90 Å². The molecule has 2 aromatic rings. The lowest BCUT2D eigenvalue weighted by molar-refractivity contribution is 0.200. The zero-order valence-electron chi connectivity index (χ0n) is 13.1. The molecule has 1 aromatic heterocycles. The summed E-state index contributed by atoms with van der Waals surface area (Å²) in [7, 11) is 0. The van der Waals surface area contributed by atoms with Gasteiger partial charge >= 0.3 is 6.03 Å². The Morgan fingerprint density at radius 3 is 3.00 bits per heavy atom. The van der Waals surface area contributed by atoms with Crippen molar-refractivity contribution < 1.29 is 9.18 Å². The molecular weight excluding hydrogens is 373 g/mol. The first-order valence-corrected chi connectivity index (χ1v) is 8.91. The van der Waals surface area contributed by atoms with Gasteiger partial charge in [-0.05, 0) is 52.5 Å². The molecule has 0 aliphatic carbocycles. The van der Waals surface area contributed by atoms with Crippen LogP contribution in [0.4, 0.5) is 14.9 Å². The topological polar surface area (TPSA) is 36.4 Å². The van der Waals surface area contributed by atoms with Gasteiger partial charge in [0.15, 0.2) is 0 Å². The Kier molecular flexibility index (Phi) is 4.00. The highest BCUT2D eigenvalue weighted by atomic mass is 79.9. The van der Waals surface area contributed by atoms with Crippen molar-refractivity contribution >= 4 is 27.6 Å². The molecule has 2 amide bonds. The van der Waals surface area contributed by atoms with Gasteiger partial charge in [0.25, 0.3) is 0 Å². The SMILES string of the molecule is O=C(N1CCc2ncc(Br)cc21)N1CCCC1c1cccc(F)c1. The molecule has 2 aliphatic rings. The number of benzene rings is 1. The molecule has 1 saturated heterocycles. The van der Waals surface area contributed by atoms with Gasteiger partial charge in [-0.2, -0.15) is 0 Å². The van der Waals surface area contributed by atoms with Gasteiger partial charge in [-0.3, -0.25) is 9.88 Å². The number of carbonyl (C=O) groups excluding carboxylic acids is 1. The summed E-state index contributed by atoms with van der Waals surface area (Å²) in [5.74, 6) is -0.258. The molecular formula is C18H17BrFN3O. The fourth-order valence-corrected chi connectivity index (χ4v) is 3.95. The Morgan fingerprint density at radius 2 is 2.17 bits per heavy atom. The van der Waals surface area contributed by atoms with Crippen LogP contribution in [0.3, 0.4) is 0 Å². The second kappa shape index (κ2) is 6.16. The van der Waals surface area contributed by atoms with Crippen LogP contribution in [0.15, 0.2) is 41.0 Å². The first-order valence-electron chi connectivity index (χ1n) is 8.11. The molecule has 4 nitrogen and oxygen atoms in total. The zero-order chi connectivity index (χ0) is 16.7. The highest BCUT2D eigenvalue weighted by Crippen LogP contribution is 2.36. The fourth-order valence-electron chi connectivity index (χ4n) is 3.63. The lowest BCUT2D eigenvalue weighted by atomic mass is 10.0. The quantitative estimate of drug-likeness (QED) is 0.728. The monoisotopic (exact) mass is 389 g/mol. The van der Waals surface area contributed by atoms with Crippen molar-refractivity contribution in [2.24, 2.45) is 0 Å². The minimum atomic E-state index is -0.258. The fraction of sp³-hybridized carbons (Fsp3) is 0.333. The number of anilines is 1. The molecule has 3 heterocycles. The predicted octanol–water partition coefficient (Wildman–Crippen LogP) is 4.30. The Bertz CT molecular complexity index is 798. The van der Waals surface area contributed by atoms with Crippen molar-refractivity contribution in [1.82, 2.24) is 9.88 Å². The Labute approximate surface area is 148 Å². The zero-order valence-corrected chi connectivity index (χ0v) is 14.7. The summed E-state index contributed by atoms with van der Waals surface area (Å²) in [4.78, 5) is 21.2. The summed E-state index contributed by atoms with van der Waals surface area (Å²) in [6, 6.07) is 8.45. The number of amides is 2. The average Bonchev–Trinajstić information content (AvgIpc) is 3.21. The summed E-state index contributed by atoms with van der Waals surface area (Å²) in [5.41, 5.74) is 2.69. The number of rotatable bonds is 1. The molecule has 0 spiro atoms. The second-order valence-electron chi connectivity index (χ2n) is 6.21. The van der Waals surface area contributed by atoms with E-state index in [9.17, 15) is 9.18 Å². The van der Waals surface area contributed by atoms with Crippen molar-refractivity contribution in [1.29, 1.82) is 0 Å². The van der Waals surface area contributed by atoms with Crippen molar-refractivity contribution in [3.05, 3.63) is 58.1 Å². The number of hydrogen-bond acceptors (Lipinski definition) is 2. The lowest BCUT2D eigenvalue weighted by Gasteiger charge is -2.30. The van der Waals surface area contributed by atoms with E-state index in [1.54, 1.807) is 17.2 Å². The molecule has 1 aromatic carbocycles. The van der Waals surface area contributed by atoms with Gasteiger partial charge in [-0.15, -0.1) is 0 Å². The van der Waals surface area contributed by atoms with Crippen molar-refractivity contribution in [2.75, 3.05) is 18.0 Å². The third kappa shape index (κ3) is 2.69. The Balaban J connectivity index is 1.62. The van der Waals surface area contributed by atoms with E-state index in [1.165, 1.54) is 12.1 Å². The summed E-state index contributed by atoms with van der Waals surface area (Å²) in [5, 5.41) is 0. The Hall–Kier alpha value is -1.95. The minimum Gasteiger partial charge on any atom is -0.317 e. The molecule has 0 bridgehead atoms. The van der Waals surface area contributed by atoms with E-state index in [4.69, 9.17) is 0 Å². The van der Waals surface area contributed by atoms with Crippen molar-refractivity contribution in [2.45, 2.75) is 25.3 Å². The van der Waals surface area contributed by atoms with Gasteiger partial charge in [0.2, 0.25) is 0 Å². The third-order valence-corrected chi connectivity index (χ3v) is 5.17. The molecule has 1 fully saturated rings. The average molecular weight is 390 g/mol. The highest BCUT2D eigenvalue weighted by molar-refractivity contribution is 9.10.